The molecule has 1 aromatic heterocycles. The van der Waals surface area contributed by atoms with Gasteiger partial charge in [-0.05, 0) is 5.56 Å². The summed E-state index contributed by atoms with van der Waals surface area (Å²) in [5, 5.41) is 9.60. The fourth-order valence-corrected chi connectivity index (χ4v) is 3.23. The highest BCUT2D eigenvalue weighted by Gasteiger charge is 2.22. The van der Waals surface area contributed by atoms with Gasteiger partial charge >= 0.3 is 0 Å². The molecule has 1 saturated heterocycles. The highest BCUT2D eigenvalue weighted by molar-refractivity contribution is 7.16. The number of nitrogen functional groups attached to an aromatic ring is 1. The minimum atomic E-state index is 0.466. The van der Waals surface area contributed by atoms with Gasteiger partial charge in [-0.25, -0.2) is 4.98 Å². The van der Waals surface area contributed by atoms with Gasteiger partial charge < -0.3 is 10.6 Å². The lowest BCUT2D eigenvalue weighted by molar-refractivity contribution is 0.249. The molecule has 0 radical (unpaired) electrons. The molecule has 5 nitrogen and oxygen atoms in total. The van der Waals surface area contributed by atoms with Crippen LogP contribution in [0, 0.1) is 11.3 Å². The van der Waals surface area contributed by atoms with E-state index in [2.05, 4.69) is 45.1 Å². The number of hydrogen-bond acceptors (Lipinski definition) is 6. The Kier molecular flexibility index (Phi) is 4.04. The van der Waals surface area contributed by atoms with E-state index in [0.29, 0.717) is 10.0 Å². The van der Waals surface area contributed by atoms with E-state index in [9.17, 15) is 0 Å². The fraction of sp³-hybridized carbons (Fsp3) is 0.333. The molecule has 0 bridgehead atoms. The molecular weight excluding hydrogens is 282 g/mol. The molecule has 2 aromatic rings. The Morgan fingerprint density at radius 2 is 1.90 bits per heavy atom. The molecule has 1 aliphatic heterocycles. The Bertz CT molecular complexity index is 638. The Morgan fingerprint density at radius 1 is 1.19 bits per heavy atom. The molecule has 108 valence electrons. The summed E-state index contributed by atoms with van der Waals surface area (Å²) < 4.78 is 0. The number of thiazole rings is 1. The average molecular weight is 299 g/mol. The molecule has 3 rings (SSSR count). The Labute approximate surface area is 128 Å². The van der Waals surface area contributed by atoms with Crippen molar-refractivity contribution in [2.24, 2.45) is 0 Å². The number of benzene rings is 1. The number of hydrogen-bond donors (Lipinski definition) is 1. The van der Waals surface area contributed by atoms with Gasteiger partial charge in [-0.15, -0.1) is 0 Å². The molecule has 1 fully saturated rings. The second-order valence-electron chi connectivity index (χ2n) is 5.07. The standard InChI is InChI=1S/C15H17N5S/c16-10-13-14(18-15(17)21-13)20-8-6-19(7-9-20)11-12-4-2-1-3-5-12/h1-5H,6-9,11H2,(H2,17,18). The lowest BCUT2D eigenvalue weighted by Gasteiger charge is -2.35. The molecule has 21 heavy (non-hydrogen) atoms. The zero-order valence-electron chi connectivity index (χ0n) is 11.7. The highest BCUT2D eigenvalue weighted by Crippen LogP contribution is 2.28. The molecule has 0 unspecified atom stereocenters. The van der Waals surface area contributed by atoms with Crippen LogP contribution in [0.2, 0.25) is 0 Å². The van der Waals surface area contributed by atoms with Crippen LogP contribution in [0.15, 0.2) is 30.3 Å². The molecule has 1 aromatic carbocycles. The van der Waals surface area contributed by atoms with Crippen molar-refractivity contribution in [1.82, 2.24) is 9.88 Å². The normalized spacial score (nSPS) is 15.9. The lowest BCUT2D eigenvalue weighted by Crippen LogP contribution is -2.46. The van der Waals surface area contributed by atoms with E-state index in [1.807, 2.05) is 6.07 Å². The first-order chi connectivity index (χ1) is 10.3. The summed E-state index contributed by atoms with van der Waals surface area (Å²) >= 11 is 1.26. The number of nitrogens with two attached hydrogens (primary N) is 1. The van der Waals surface area contributed by atoms with Gasteiger partial charge in [0, 0.05) is 32.7 Å². The summed E-state index contributed by atoms with van der Waals surface area (Å²) in [4.78, 5) is 9.49. The quantitative estimate of drug-likeness (QED) is 0.937. The van der Waals surface area contributed by atoms with E-state index in [4.69, 9.17) is 11.0 Å². The van der Waals surface area contributed by atoms with Crippen LogP contribution in [-0.2, 0) is 6.54 Å². The molecule has 6 heteroatoms. The number of nitrogens with zero attached hydrogens (tertiary/aromatic N) is 4. The molecule has 0 amide bonds. The predicted octanol–water partition coefficient (Wildman–Crippen LogP) is 1.92. The molecule has 2 N–H and O–H groups in total. The van der Waals surface area contributed by atoms with Crippen LogP contribution < -0.4 is 10.6 Å². The van der Waals surface area contributed by atoms with Crippen molar-refractivity contribution in [3.05, 3.63) is 40.8 Å². The van der Waals surface area contributed by atoms with Crippen molar-refractivity contribution in [1.29, 1.82) is 5.26 Å². The van der Waals surface area contributed by atoms with Crippen LogP contribution >= 0.6 is 11.3 Å². The van der Waals surface area contributed by atoms with E-state index < -0.39 is 0 Å². The van der Waals surface area contributed by atoms with Crippen molar-refractivity contribution in [2.45, 2.75) is 6.54 Å². The molecule has 0 aliphatic carbocycles. The van der Waals surface area contributed by atoms with Crippen LogP contribution in [0.1, 0.15) is 10.4 Å². The van der Waals surface area contributed by atoms with E-state index in [-0.39, 0.29) is 0 Å². The van der Waals surface area contributed by atoms with Gasteiger partial charge in [0.1, 0.15) is 6.07 Å². The van der Waals surface area contributed by atoms with E-state index in [0.717, 1.165) is 38.5 Å². The summed E-state index contributed by atoms with van der Waals surface area (Å²) in [6, 6.07) is 12.7. The van der Waals surface area contributed by atoms with Gasteiger partial charge in [0.25, 0.3) is 0 Å². The second-order valence-corrected chi connectivity index (χ2v) is 6.10. The van der Waals surface area contributed by atoms with Crippen molar-refractivity contribution in [3.63, 3.8) is 0 Å². The monoisotopic (exact) mass is 299 g/mol. The second kappa shape index (κ2) is 6.12. The highest BCUT2D eigenvalue weighted by atomic mass is 32.1. The first-order valence-electron chi connectivity index (χ1n) is 6.94. The Morgan fingerprint density at radius 3 is 2.57 bits per heavy atom. The molecular formula is C15H17N5S. The SMILES string of the molecule is N#Cc1sc(N)nc1N1CCN(Cc2ccccc2)CC1. The van der Waals surface area contributed by atoms with E-state index >= 15 is 0 Å². The summed E-state index contributed by atoms with van der Waals surface area (Å²) in [5.74, 6) is 0.749. The number of anilines is 2. The van der Waals surface area contributed by atoms with Crippen molar-refractivity contribution < 1.29 is 0 Å². The summed E-state index contributed by atoms with van der Waals surface area (Å²) in [6.07, 6.45) is 0. The summed E-state index contributed by atoms with van der Waals surface area (Å²) in [7, 11) is 0. The molecule has 0 saturated carbocycles. The van der Waals surface area contributed by atoms with Gasteiger partial charge in [0.15, 0.2) is 15.8 Å². The number of rotatable bonds is 3. The van der Waals surface area contributed by atoms with Gasteiger partial charge in [0.2, 0.25) is 0 Å². The number of aromatic nitrogens is 1. The van der Waals surface area contributed by atoms with Crippen molar-refractivity contribution in [3.8, 4) is 6.07 Å². The van der Waals surface area contributed by atoms with E-state index in [1.165, 1.54) is 16.9 Å². The Hall–Kier alpha value is -2.10. The average Bonchev–Trinajstić information content (AvgIpc) is 2.90. The van der Waals surface area contributed by atoms with Crippen LogP contribution in [-0.4, -0.2) is 36.1 Å². The fourth-order valence-electron chi connectivity index (χ4n) is 2.57. The zero-order valence-corrected chi connectivity index (χ0v) is 12.5. The molecule has 1 aliphatic rings. The van der Waals surface area contributed by atoms with Gasteiger partial charge in [-0.2, -0.15) is 5.26 Å². The maximum absolute atomic E-state index is 9.14. The van der Waals surface area contributed by atoms with Crippen molar-refractivity contribution in [2.75, 3.05) is 36.8 Å². The third kappa shape index (κ3) is 3.15. The summed E-state index contributed by atoms with van der Waals surface area (Å²) in [6.45, 7) is 4.67. The number of piperazine rings is 1. The van der Waals surface area contributed by atoms with Crippen LogP contribution in [0.4, 0.5) is 10.9 Å². The number of nitriles is 1. The topological polar surface area (TPSA) is 69.2 Å². The van der Waals surface area contributed by atoms with Gasteiger partial charge in [0.05, 0.1) is 0 Å². The lowest BCUT2D eigenvalue weighted by atomic mass is 10.2. The minimum Gasteiger partial charge on any atom is -0.375 e. The maximum Gasteiger partial charge on any atom is 0.183 e. The third-order valence-corrected chi connectivity index (χ3v) is 4.43. The van der Waals surface area contributed by atoms with E-state index in [1.54, 1.807) is 0 Å². The molecule has 2 heterocycles. The molecule has 0 atom stereocenters. The van der Waals surface area contributed by atoms with Gasteiger partial charge in [-0.1, -0.05) is 41.7 Å². The predicted molar refractivity (Wildman–Crippen MR) is 85.2 cm³/mol. The smallest absolute Gasteiger partial charge is 0.183 e. The Balaban J connectivity index is 1.61. The zero-order chi connectivity index (χ0) is 14.7. The maximum atomic E-state index is 9.14. The van der Waals surface area contributed by atoms with Crippen LogP contribution in [0.25, 0.3) is 0 Å². The van der Waals surface area contributed by atoms with Gasteiger partial charge in [-0.3, -0.25) is 4.90 Å². The first kappa shape index (κ1) is 13.9. The largest absolute Gasteiger partial charge is 0.375 e. The van der Waals surface area contributed by atoms with Crippen molar-refractivity contribution >= 4 is 22.3 Å². The van der Waals surface area contributed by atoms with Crippen LogP contribution in [0.5, 0.6) is 0 Å². The van der Waals surface area contributed by atoms with Crippen LogP contribution in [0.3, 0.4) is 0 Å². The third-order valence-electron chi connectivity index (χ3n) is 3.65. The first-order valence-corrected chi connectivity index (χ1v) is 7.75. The molecule has 0 spiro atoms. The minimum absolute atomic E-state index is 0.466. The summed E-state index contributed by atoms with van der Waals surface area (Å²) in [5.41, 5.74) is 7.05.